The smallest absolute Gasteiger partial charge is 0.245 e. The molecule has 1 aliphatic heterocycles. The maximum atomic E-state index is 12.3. The average Bonchev–Trinajstić information content (AvgIpc) is 2.76. The molecule has 1 aliphatic rings. The van der Waals surface area contributed by atoms with E-state index in [1.807, 2.05) is 13.8 Å². The van der Waals surface area contributed by atoms with Crippen molar-refractivity contribution in [1.29, 1.82) is 0 Å². The summed E-state index contributed by atoms with van der Waals surface area (Å²) < 4.78 is 4.94. The highest BCUT2D eigenvalue weighted by Gasteiger charge is 2.35. The predicted octanol–water partition coefficient (Wildman–Crippen LogP) is 0.605. The zero-order chi connectivity index (χ0) is 13.2. The maximum Gasteiger partial charge on any atom is 0.245 e. The summed E-state index contributed by atoms with van der Waals surface area (Å²) in [5.41, 5.74) is -0.547. The van der Waals surface area contributed by atoms with Gasteiger partial charge in [-0.1, -0.05) is 5.16 Å². The molecule has 0 radical (unpaired) electrons. The number of anilines is 1. The van der Waals surface area contributed by atoms with Crippen LogP contribution in [0.5, 0.6) is 0 Å². The zero-order valence-corrected chi connectivity index (χ0v) is 11.1. The van der Waals surface area contributed by atoms with E-state index in [9.17, 15) is 4.79 Å². The second kappa shape index (κ2) is 5.07. The van der Waals surface area contributed by atoms with E-state index in [0.717, 1.165) is 26.2 Å². The van der Waals surface area contributed by atoms with Gasteiger partial charge in [0.2, 0.25) is 5.91 Å². The summed E-state index contributed by atoms with van der Waals surface area (Å²) in [5, 5.41) is 9.85. The van der Waals surface area contributed by atoms with Crippen LogP contribution in [0.4, 0.5) is 5.82 Å². The SMILES string of the molecule is Cc1cc(NC(=O)C(C)(C)N2CCNCC2)no1. The molecule has 6 heteroatoms. The minimum atomic E-state index is -0.547. The number of amides is 1. The molecule has 0 spiro atoms. The summed E-state index contributed by atoms with van der Waals surface area (Å²) in [4.78, 5) is 14.5. The minimum Gasteiger partial charge on any atom is -0.360 e. The van der Waals surface area contributed by atoms with E-state index < -0.39 is 5.54 Å². The van der Waals surface area contributed by atoms with Crippen LogP contribution in [0.15, 0.2) is 10.6 Å². The van der Waals surface area contributed by atoms with Crippen molar-refractivity contribution in [3.05, 3.63) is 11.8 Å². The second-order valence-electron chi connectivity index (χ2n) is 5.07. The van der Waals surface area contributed by atoms with Crippen LogP contribution in [0, 0.1) is 6.92 Å². The van der Waals surface area contributed by atoms with Gasteiger partial charge in [-0.2, -0.15) is 0 Å². The standard InChI is InChI=1S/C12H20N4O2/c1-9-8-10(15-18-9)14-11(17)12(2,3)16-6-4-13-5-7-16/h8,13H,4-7H2,1-3H3,(H,14,15,17). The molecule has 1 aromatic heterocycles. The van der Waals surface area contributed by atoms with Gasteiger partial charge in [0.1, 0.15) is 5.76 Å². The van der Waals surface area contributed by atoms with Crippen LogP contribution in [0.25, 0.3) is 0 Å². The van der Waals surface area contributed by atoms with E-state index >= 15 is 0 Å². The van der Waals surface area contributed by atoms with Crippen LogP contribution < -0.4 is 10.6 Å². The maximum absolute atomic E-state index is 12.3. The van der Waals surface area contributed by atoms with Gasteiger partial charge in [0.25, 0.3) is 0 Å². The number of carbonyl (C=O) groups excluding carboxylic acids is 1. The number of hydrogen-bond donors (Lipinski definition) is 2. The normalized spacial score (nSPS) is 17.7. The first-order valence-corrected chi connectivity index (χ1v) is 6.20. The quantitative estimate of drug-likeness (QED) is 0.824. The number of piperazine rings is 1. The van der Waals surface area contributed by atoms with Gasteiger partial charge in [-0.05, 0) is 20.8 Å². The Balaban J connectivity index is 2.02. The van der Waals surface area contributed by atoms with Crippen molar-refractivity contribution in [1.82, 2.24) is 15.4 Å². The lowest BCUT2D eigenvalue weighted by Gasteiger charge is -2.39. The van der Waals surface area contributed by atoms with Crippen LogP contribution in [-0.2, 0) is 4.79 Å². The molecule has 1 aromatic rings. The Labute approximate surface area is 107 Å². The molecule has 1 amide bonds. The van der Waals surface area contributed by atoms with E-state index in [0.29, 0.717) is 11.6 Å². The molecule has 0 atom stereocenters. The van der Waals surface area contributed by atoms with Crippen LogP contribution in [0.2, 0.25) is 0 Å². The molecule has 100 valence electrons. The molecule has 2 N–H and O–H groups in total. The molecule has 6 nitrogen and oxygen atoms in total. The van der Waals surface area contributed by atoms with Crippen molar-refractivity contribution in [2.75, 3.05) is 31.5 Å². The van der Waals surface area contributed by atoms with Crippen LogP contribution in [0.1, 0.15) is 19.6 Å². The fraction of sp³-hybridized carbons (Fsp3) is 0.667. The fourth-order valence-electron chi connectivity index (χ4n) is 2.06. The van der Waals surface area contributed by atoms with E-state index in [4.69, 9.17) is 4.52 Å². The lowest BCUT2D eigenvalue weighted by atomic mass is 10.0. The van der Waals surface area contributed by atoms with Gasteiger partial charge in [-0.15, -0.1) is 0 Å². The first kappa shape index (κ1) is 13.0. The van der Waals surface area contributed by atoms with Crippen LogP contribution >= 0.6 is 0 Å². The van der Waals surface area contributed by atoms with Gasteiger partial charge in [0.05, 0.1) is 5.54 Å². The van der Waals surface area contributed by atoms with Gasteiger partial charge in [-0.3, -0.25) is 9.69 Å². The second-order valence-corrected chi connectivity index (χ2v) is 5.07. The molecule has 2 heterocycles. The number of aryl methyl sites for hydroxylation is 1. The Morgan fingerprint density at radius 1 is 1.50 bits per heavy atom. The number of aromatic nitrogens is 1. The summed E-state index contributed by atoms with van der Waals surface area (Å²) in [6.07, 6.45) is 0. The molecule has 0 unspecified atom stereocenters. The molecule has 1 saturated heterocycles. The predicted molar refractivity (Wildman–Crippen MR) is 68.4 cm³/mol. The van der Waals surface area contributed by atoms with Crippen molar-refractivity contribution < 1.29 is 9.32 Å². The monoisotopic (exact) mass is 252 g/mol. The van der Waals surface area contributed by atoms with Crippen molar-refractivity contribution >= 4 is 11.7 Å². The van der Waals surface area contributed by atoms with Gasteiger partial charge in [0, 0.05) is 32.2 Å². The molecule has 18 heavy (non-hydrogen) atoms. The topological polar surface area (TPSA) is 70.4 Å². The summed E-state index contributed by atoms with van der Waals surface area (Å²) in [6, 6.07) is 1.71. The van der Waals surface area contributed by atoms with Crippen LogP contribution in [0.3, 0.4) is 0 Å². The third-order valence-electron chi connectivity index (χ3n) is 3.33. The number of rotatable bonds is 3. The number of nitrogens with zero attached hydrogens (tertiary/aromatic N) is 2. The highest BCUT2D eigenvalue weighted by Crippen LogP contribution is 2.18. The minimum absolute atomic E-state index is 0.0577. The van der Waals surface area contributed by atoms with Crippen molar-refractivity contribution in [2.45, 2.75) is 26.3 Å². The van der Waals surface area contributed by atoms with E-state index in [-0.39, 0.29) is 5.91 Å². The molecule has 1 fully saturated rings. The number of nitrogens with one attached hydrogen (secondary N) is 2. The molecule has 0 aromatic carbocycles. The van der Waals surface area contributed by atoms with Crippen molar-refractivity contribution in [2.24, 2.45) is 0 Å². The van der Waals surface area contributed by atoms with Crippen LogP contribution in [-0.4, -0.2) is 47.7 Å². The summed E-state index contributed by atoms with van der Waals surface area (Å²) >= 11 is 0. The Morgan fingerprint density at radius 3 is 2.72 bits per heavy atom. The Morgan fingerprint density at radius 2 is 2.17 bits per heavy atom. The van der Waals surface area contributed by atoms with Crippen molar-refractivity contribution in [3.8, 4) is 0 Å². The van der Waals surface area contributed by atoms with Gasteiger partial charge < -0.3 is 15.2 Å². The van der Waals surface area contributed by atoms with E-state index in [1.165, 1.54) is 0 Å². The lowest BCUT2D eigenvalue weighted by Crippen LogP contribution is -2.58. The fourth-order valence-corrected chi connectivity index (χ4v) is 2.06. The molecule has 0 aliphatic carbocycles. The molecule has 2 rings (SSSR count). The van der Waals surface area contributed by atoms with Gasteiger partial charge >= 0.3 is 0 Å². The zero-order valence-electron chi connectivity index (χ0n) is 11.1. The Hall–Kier alpha value is -1.40. The Kier molecular flexibility index (Phi) is 3.68. The van der Waals surface area contributed by atoms with E-state index in [1.54, 1.807) is 13.0 Å². The highest BCUT2D eigenvalue weighted by molar-refractivity contribution is 5.96. The first-order chi connectivity index (χ1) is 8.50. The third-order valence-corrected chi connectivity index (χ3v) is 3.33. The number of carbonyl (C=O) groups is 1. The molecular weight excluding hydrogens is 232 g/mol. The molecule has 0 saturated carbocycles. The highest BCUT2D eigenvalue weighted by atomic mass is 16.5. The summed E-state index contributed by atoms with van der Waals surface area (Å²) in [5.74, 6) is 1.10. The Bertz CT molecular complexity index is 421. The molecular formula is C12H20N4O2. The lowest BCUT2D eigenvalue weighted by molar-refractivity contribution is -0.126. The summed E-state index contributed by atoms with van der Waals surface area (Å²) in [7, 11) is 0. The van der Waals surface area contributed by atoms with Gasteiger partial charge in [0.15, 0.2) is 5.82 Å². The average molecular weight is 252 g/mol. The van der Waals surface area contributed by atoms with E-state index in [2.05, 4.69) is 20.7 Å². The van der Waals surface area contributed by atoms with Crippen molar-refractivity contribution in [3.63, 3.8) is 0 Å². The largest absolute Gasteiger partial charge is 0.360 e. The summed E-state index contributed by atoms with van der Waals surface area (Å²) in [6.45, 7) is 9.24. The van der Waals surface area contributed by atoms with Gasteiger partial charge in [-0.25, -0.2) is 0 Å². The third kappa shape index (κ3) is 2.70. The molecule has 0 bridgehead atoms. The number of hydrogen-bond acceptors (Lipinski definition) is 5. The first-order valence-electron chi connectivity index (χ1n) is 6.20.